The van der Waals surface area contributed by atoms with E-state index in [4.69, 9.17) is 9.47 Å². The largest absolute Gasteiger partial charge is 0.460 e. The minimum Gasteiger partial charge on any atom is -0.460 e. The maximum absolute atomic E-state index is 13.1. The lowest BCUT2D eigenvalue weighted by atomic mass is 9.81. The van der Waals surface area contributed by atoms with Gasteiger partial charge in [-0.3, -0.25) is 9.97 Å². The predicted molar refractivity (Wildman–Crippen MR) is 111 cm³/mol. The Bertz CT molecular complexity index is 982. The van der Waals surface area contributed by atoms with E-state index >= 15 is 0 Å². The first-order valence-electron chi connectivity index (χ1n) is 9.74. The summed E-state index contributed by atoms with van der Waals surface area (Å²) in [6.45, 7) is 7.23. The second kappa shape index (κ2) is 9.35. The molecule has 2 aromatic heterocycles. The molecule has 1 aliphatic heterocycles. The number of hydrogen-bond donors (Lipinski definition) is 1. The van der Waals surface area contributed by atoms with E-state index in [1.54, 1.807) is 64.6 Å². The van der Waals surface area contributed by atoms with E-state index < -0.39 is 17.9 Å². The topological polar surface area (TPSA) is 90.4 Å². The van der Waals surface area contributed by atoms with Crippen molar-refractivity contribution in [2.45, 2.75) is 46.3 Å². The molecule has 7 nitrogen and oxygen atoms in total. The first kappa shape index (κ1) is 21.2. The van der Waals surface area contributed by atoms with E-state index in [2.05, 4.69) is 15.3 Å². The van der Waals surface area contributed by atoms with Gasteiger partial charge in [0.05, 0.1) is 23.2 Å². The fourth-order valence-corrected chi connectivity index (χ4v) is 3.40. The van der Waals surface area contributed by atoms with Gasteiger partial charge in [0.1, 0.15) is 6.61 Å². The number of carbonyl (C=O) groups excluding carboxylic acids is 2. The first-order chi connectivity index (χ1) is 14.4. The number of pyridine rings is 2. The van der Waals surface area contributed by atoms with Crippen molar-refractivity contribution in [3.05, 3.63) is 82.7 Å². The Kier molecular flexibility index (Phi) is 6.61. The third-order valence-corrected chi connectivity index (χ3v) is 4.65. The number of ether oxygens (including phenoxy) is 2. The van der Waals surface area contributed by atoms with Gasteiger partial charge in [-0.15, -0.1) is 0 Å². The van der Waals surface area contributed by atoms with Crippen LogP contribution in [0.2, 0.25) is 0 Å². The Labute approximate surface area is 175 Å². The molecule has 1 unspecified atom stereocenters. The van der Waals surface area contributed by atoms with Crippen LogP contribution in [0.4, 0.5) is 0 Å². The highest BCUT2D eigenvalue weighted by Crippen LogP contribution is 2.39. The molecule has 0 fully saturated rings. The fraction of sp³-hybridized carbons (Fsp3) is 0.304. The van der Waals surface area contributed by atoms with Gasteiger partial charge in [-0.2, -0.15) is 0 Å². The molecule has 1 N–H and O–H groups in total. The summed E-state index contributed by atoms with van der Waals surface area (Å²) in [6.07, 6.45) is 6.29. The van der Waals surface area contributed by atoms with Crippen LogP contribution in [0.25, 0.3) is 0 Å². The van der Waals surface area contributed by atoms with Gasteiger partial charge < -0.3 is 14.8 Å². The third-order valence-electron chi connectivity index (χ3n) is 4.65. The fourth-order valence-electron chi connectivity index (χ4n) is 3.40. The molecular formula is C23H25N3O4. The van der Waals surface area contributed by atoms with Crippen LogP contribution in [0, 0.1) is 0 Å². The zero-order valence-electron chi connectivity index (χ0n) is 17.5. The number of nitrogens with zero attached hydrogens (tertiary/aromatic N) is 2. The molecule has 3 heterocycles. The number of nitrogens with one attached hydrogen (secondary N) is 1. The minimum absolute atomic E-state index is 0.0810. The van der Waals surface area contributed by atoms with Crippen molar-refractivity contribution in [2.24, 2.45) is 0 Å². The van der Waals surface area contributed by atoms with E-state index in [0.717, 1.165) is 5.56 Å². The molecule has 0 amide bonds. The highest BCUT2D eigenvalue weighted by atomic mass is 16.5. The zero-order valence-corrected chi connectivity index (χ0v) is 17.5. The van der Waals surface area contributed by atoms with Crippen molar-refractivity contribution in [1.29, 1.82) is 0 Å². The van der Waals surface area contributed by atoms with E-state index in [1.807, 2.05) is 12.1 Å². The highest BCUT2D eigenvalue weighted by molar-refractivity contribution is 5.99. The summed E-state index contributed by atoms with van der Waals surface area (Å²) >= 11 is 0. The molecule has 1 atom stereocenters. The van der Waals surface area contributed by atoms with Crippen LogP contribution in [-0.2, 0) is 25.7 Å². The maximum Gasteiger partial charge on any atom is 0.337 e. The highest BCUT2D eigenvalue weighted by Gasteiger charge is 2.38. The Morgan fingerprint density at radius 1 is 1.00 bits per heavy atom. The van der Waals surface area contributed by atoms with E-state index in [-0.39, 0.29) is 12.7 Å². The Balaban J connectivity index is 1.98. The summed E-state index contributed by atoms with van der Waals surface area (Å²) in [6, 6.07) is 7.21. The molecule has 0 saturated heterocycles. The summed E-state index contributed by atoms with van der Waals surface area (Å²) in [4.78, 5) is 34.3. The van der Waals surface area contributed by atoms with Crippen LogP contribution in [0.15, 0.2) is 71.6 Å². The predicted octanol–water partition coefficient (Wildman–Crippen LogP) is 3.41. The molecule has 0 saturated carbocycles. The zero-order chi connectivity index (χ0) is 21.7. The van der Waals surface area contributed by atoms with Gasteiger partial charge in [0.15, 0.2) is 0 Å². The lowest BCUT2D eigenvalue weighted by Crippen LogP contribution is -2.33. The number of aromatic nitrogens is 2. The average molecular weight is 407 g/mol. The number of rotatable bonds is 6. The van der Waals surface area contributed by atoms with Gasteiger partial charge in [-0.1, -0.05) is 12.1 Å². The SMILES string of the molecule is CC1=C(C(=O)OCc2cccnc2)C(c2cccnc2)C(C(=O)OC(C)C)=C(C)N1. The van der Waals surface area contributed by atoms with E-state index in [9.17, 15) is 9.59 Å². The number of dihydropyridines is 1. The quantitative estimate of drug-likeness (QED) is 0.734. The normalized spacial score (nSPS) is 16.4. The van der Waals surface area contributed by atoms with Gasteiger partial charge in [-0.05, 0) is 45.4 Å². The standard InChI is InChI=1S/C23H25N3O4/c1-14(2)30-23(28)20-16(4)26-15(3)19(21(20)18-8-6-10-25-12-18)22(27)29-13-17-7-5-9-24-11-17/h5-12,14,21,26H,13H2,1-4H3. The second-order valence-corrected chi connectivity index (χ2v) is 7.31. The summed E-state index contributed by atoms with van der Waals surface area (Å²) in [5.41, 5.74) is 3.47. The molecule has 0 radical (unpaired) electrons. The Hall–Kier alpha value is -3.48. The molecule has 7 heteroatoms. The monoisotopic (exact) mass is 407 g/mol. The summed E-state index contributed by atoms with van der Waals surface area (Å²) in [7, 11) is 0. The first-order valence-corrected chi connectivity index (χ1v) is 9.74. The van der Waals surface area contributed by atoms with Crippen LogP contribution in [-0.4, -0.2) is 28.0 Å². The molecule has 0 spiro atoms. The Morgan fingerprint density at radius 3 is 2.20 bits per heavy atom. The average Bonchev–Trinajstić information content (AvgIpc) is 2.72. The van der Waals surface area contributed by atoms with Crippen LogP contribution in [0.1, 0.15) is 44.7 Å². The number of hydrogen-bond acceptors (Lipinski definition) is 7. The van der Waals surface area contributed by atoms with Crippen molar-refractivity contribution < 1.29 is 19.1 Å². The van der Waals surface area contributed by atoms with Crippen molar-refractivity contribution in [2.75, 3.05) is 0 Å². The van der Waals surface area contributed by atoms with Gasteiger partial charge in [-0.25, -0.2) is 9.59 Å². The van der Waals surface area contributed by atoms with Crippen molar-refractivity contribution in [3.63, 3.8) is 0 Å². The molecule has 1 aliphatic rings. The summed E-state index contributed by atoms with van der Waals surface area (Å²) < 4.78 is 11.0. The van der Waals surface area contributed by atoms with E-state index in [1.165, 1.54) is 0 Å². The number of allylic oxidation sites excluding steroid dienone is 2. The summed E-state index contributed by atoms with van der Waals surface area (Å²) in [5.74, 6) is -1.64. The molecule has 0 bridgehead atoms. The number of carbonyl (C=O) groups is 2. The van der Waals surface area contributed by atoms with Crippen LogP contribution >= 0.6 is 0 Å². The second-order valence-electron chi connectivity index (χ2n) is 7.31. The van der Waals surface area contributed by atoms with Gasteiger partial charge in [0.2, 0.25) is 0 Å². The molecule has 0 aromatic carbocycles. The summed E-state index contributed by atoms with van der Waals surface area (Å²) in [5, 5.41) is 3.14. The lowest BCUT2D eigenvalue weighted by Gasteiger charge is -2.30. The lowest BCUT2D eigenvalue weighted by molar-refractivity contribution is -0.143. The van der Waals surface area contributed by atoms with Crippen molar-refractivity contribution in [1.82, 2.24) is 15.3 Å². The van der Waals surface area contributed by atoms with Crippen LogP contribution < -0.4 is 5.32 Å². The minimum atomic E-state index is -0.646. The van der Waals surface area contributed by atoms with Crippen LogP contribution in [0.3, 0.4) is 0 Å². The molecule has 3 rings (SSSR count). The van der Waals surface area contributed by atoms with E-state index in [0.29, 0.717) is 28.1 Å². The van der Waals surface area contributed by atoms with Crippen molar-refractivity contribution in [3.8, 4) is 0 Å². The maximum atomic E-state index is 13.1. The molecule has 0 aliphatic carbocycles. The van der Waals surface area contributed by atoms with Gasteiger partial charge >= 0.3 is 11.9 Å². The third kappa shape index (κ3) is 4.74. The molecule has 2 aromatic rings. The van der Waals surface area contributed by atoms with Crippen LogP contribution in [0.5, 0.6) is 0 Å². The molecule has 30 heavy (non-hydrogen) atoms. The number of esters is 2. The van der Waals surface area contributed by atoms with Crippen molar-refractivity contribution >= 4 is 11.9 Å². The molecular weight excluding hydrogens is 382 g/mol. The van der Waals surface area contributed by atoms with Gasteiger partial charge in [0, 0.05) is 41.7 Å². The smallest absolute Gasteiger partial charge is 0.337 e. The Morgan fingerprint density at radius 2 is 1.63 bits per heavy atom. The molecule has 156 valence electrons. The van der Waals surface area contributed by atoms with Gasteiger partial charge in [0.25, 0.3) is 0 Å².